The highest BCUT2D eigenvalue weighted by Gasteiger charge is 2.25. The molecule has 2 unspecified atom stereocenters. The first-order chi connectivity index (χ1) is 9.31. The Bertz CT molecular complexity index is 413. The molecule has 3 heteroatoms. The minimum absolute atomic E-state index is 0.435. The van der Waals surface area contributed by atoms with Crippen molar-refractivity contribution in [2.24, 2.45) is 0 Å². The first-order valence-electron chi connectivity index (χ1n) is 7.42. The fourth-order valence-electron chi connectivity index (χ4n) is 2.84. The van der Waals surface area contributed by atoms with Gasteiger partial charge in [-0.25, -0.2) is 0 Å². The second kappa shape index (κ2) is 6.25. The molecule has 2 fully saturated rings. The van der Waals surface area contributed by atoms with Crippen molar-refractivity contribution in [2.75, 3.05) is 13.2 Å². The molecule has 0 radical (unpaired) electrons. The van der Waals surface area contributed by atoms with Crippen LogP contribution in [0.25, 0.3) is 0 Å². The molecule has 2 aliphatic rings. The van der Waals surface area contributed by atoms with Crippen LogP contribution in [0.3, 0.4) is 0 Å². The second-order valence-electron chi connectivity index (χ2n) is 5.81. The summed E-state index contributed by atoms with van der Waals surface area (Å²) in [5, 5.41) is 4.48. The largest absolute Gasteiger partial charge is 0.378 e. The molecule has 1 aliphatic carbocycles. The summed E-state index contributed by atoms with van der Waals surface area (Å²) < 4.78 is 5.80. The lowest BCUT2D eigenvalue weighted by Gasteiger charge is -2.21. The van der Waals surface area contributed by atoms with Gasteiger partial charge in [0.2, 0.25) is 0 Å². The average Bonchev–Trinajstić information content (AvgIpc) is 3.10. The van der Waals surface area contributed by atoms with Gasteiger partial charge in [0.25, 0.3) is 0 Å². The van der Waals surface area contributed by atoms with Gasteiger partial charge in [0.15, 0.2) is 0 Å². The van der Waals surface area contributed by atoms with E-state index in [2.05, 4.69) is 23.5 Å². The van der Waals surface area contributed by atoms with Gasteiger partial charge in [-0.2, -0.15) is 0 Å². The zero-order chi connectivity index (χ0) is 13.1. The van der Waals surface area contributed by atoms with Crippen molar-refractivity contribution in [1.29, 1.82) is 0 Å². The van der Waals surface area contributed by atoms with Crippen LogP contribution >= 0.6 is 11.6 Å². The molecule has 1 aliphatic heterocycles. The van der Waals surface area contributed by atoms with Crippen molar-refractivity contribution in [2.45, 2.75) is 50.2 Å². The smallest absolute Gasteiger partial charge is 0.0582 e. The molecule has 1 saturated carbocycles. The van der Waals surface area contributed by atoms with Crippen LogP contribution in [0.1, 0.15) is 43.6 Å². The van der Waals surface area contributed by atoms with E-state index in [0.717, 1.165) is 30.6 Å². The standard InChI is InChI=1S/C16H22ClNO/c17-14-4-1-3-12(9-14)13(11-18-15-6-7-15)10-16-5-2-8-19-16/h1,3-4,9,13,15-16,18H,2,5-8,10-11H2. The summed E-state index contributed by atoms with van der Waals surface area (Å²) in [4.78, 5) is 0. The molecular weight excluding hydrogens is 258 g/mol. The molecule has 104 valence electrons. The molecular formula is C16H22ClNO. The number of hydrogen-bond acceptors (Lipinski definition) is 2. The maximum atomic E-state index is 6.13. The highest BCUT2D eigenvalue weighted by atomic mass is 35.5. The predicted octanol–water partition coefficient (Wildman–Crippen LogP) is 3.74. The maximum absolute atomic E-state index is 6.13. The Morgan fingerprint density at radius 3 is 2.89 bits per heavy atom. The lowest BCUT2D eigenvalue weighted by Crippen LogP contribution is -2.26. The normalized spacial score (nSPS) is 24.6. The van der Waals surface area contributed by atoms with Crippen LogP contribution in [-0.2, 0) is 4.74 Å². The van der Waals surface area contributed by atoms with Crippen LogP contribution in [0.5, 0.6) is 0 Å². The Balaban J connectivity index is 1.66. The molecule has 1 aromatic rings. The van der Waals surface area contributed by atoms with Gasteiger partial charge in [0.05, 0.1) is 6.10 Å². The molecule has 0 amide bonds. The van der Waals surface area contributed by atoms with Crippen molar-refractivity contribution in [3.05, 3.63) is 34.9 Å². The van der Waals surface area contributed by atoms with E-state index in [4.69, 9.17) is 16.3 Å². The molecule has 0 spiro atoms. The van der Waals surface area contributed by atoms with Gasteiger partial charge in [0, 0.05) is 24.2 Å². The van der Waals surface area contributed by atoms with Crippen molar-refractivity contribution >= 4 is 11.6 Å². The van der Waals surface area contributed by atoms with E-state index < -0.39 is 0 Å². The quantitative estimate of drug-likeness (QED) is 0.856. The molecule has 1 saturated heterocycles. The van der Waals surface area contributed by atoms with E-state index in [9.17, 15) is 0 Å². The van der Waals surface area contributed by atoms with E-state index in [1.165, 1.54) is 31.2 Å². The predicted molar refractivity (Wildman–Crippen MR) is 78.8 cm³/mol. The van der Waals surface area contributed by atoms with Gasteiger partial charge in [-0.1, -0.05) is 23.7 Å². The zero-order valence-electron chi connectivity index (χ0n) is 11.3. The summed E-state index contributed by atoms with van der Waals surface area (Å²) in [6, 6.07) is 9.06. The SMILES string of the molecule is Clc1cccc(C(CNC2CC2)CC2CCCO2)c1. The number of ether oxygens (including phenoxy) is 1. The lowest BCUT2D eigenvalue weighted by atomic mass is 9.92. The molecule has 3 rings (SSSR count). The van der Waals surface area contributed by atoms with Gasteiger partial charge in [0.1, 0.15) is 0 Å². The second-order valence-corrected chi connectivity index (χ2v) is 6.24. The van der Waals surface area contributed by atoms with Crippen LogP contribution < -0.4 is 5.32 Å². The van der Waals surface area contributed by atoms with Crippen molar-refractivity contribution in [3.8, 4) is 0 Å². The monoisotopic (exact) mass is 279 g/mol. The molecule has 2 atom stereocenters. The summed E-state index contributed by atoms with van der Waals surface area (Å²) >= 11 is 6.13. The van der Waals surface area contributed by atoms with Gasteiger partial charge >= 0.3 is 0 Å². The van der Waals surface area contributed by atoms with E-state index in [0.29, 0.717) is 12.0 Å². The van der Waals surface area contributed by atoms with E-state index in [1.54, 1.807) is 0 Å². The summed E-state index contributed by atoms with van der Waals surface area (Å²) in [6.45, 7) is 1.98. The molecule has 19 heavy (non-hydrogen) atoms. The van der Waals surface area contributed by atoms with Crippen molar-refractivity contribution in [1.82, 2.24) is 5.32 Å². The number of nitrogens with one attached hydrogen (secondary N) is 1. The van der Waals surface area contributed by atoms with E-state index in [1.807, 2.05) is 6.07 Å². The average molecular weight is 280 g/mol. The summed E-state index contributed by atoms with van der Waals surface area (Å²) in [5.41, 5.74) is 1.34. The number of rotatable bonds is 6. The van der Waals surface area contributed by atoms with E-state index >= 15 is 0 Å². The van der Waals surface area contributed by atoms with E-state index in [-0.39, 0.29) is 0 Å². The zero-order valence-corrected chi connectivity index (χ0v) is 12.0. The fourth-order valence-corrected chi connectivity index (χ4v) is 3.04. The van der Waals surface area contributed by atoms with Crippen LogP contribution in [-0.4, -0.2) is 25.3 Å². The van der Waals surface area contributed by atoms with Gasteiger partial charge in [-0.05, 0) is 55.7 Å². The van der Waals surface area contributed by atoms with Crippen molar-refractivity contribution < 1.29 is 4.74 Å². The molecule has 1 heterocycles. The van der Waals surface area contributed by atoms with Crippen LogP contribution in [0.4, 0.5) is 0 Å². The molecule has 0 bridgehead atoms. The Hall–Kier alpha value is -0.570. The topological polar surface area (TPSA) is 21.3 Å². The first kappa shape index (κ1) is 13.4. The maximum Gasteiger partial charge on any atom is 0.0582 e. The molecule has 1 N–H and O–H groups in total. The third-order valence-corrected chi connectivity index (χ3v) is 4.36. The third kappa shape index (κ3) is 3.95. The number of benzene rings is 1. The minimum Gasteiger partial charge on any atom is -0.378 e. The lowest BCUT2D eigenvalue weighted by molar-refractivity contribution is 0.0976. The van der Waals surface area contributed by atoms with Crippen LogP contribution in [0, 0.1) is 0 Å². The summed E-state index contributed by atoms with van der Waals surface area (Å²) in [5.74, 6) is 0.516. The Morgan fingerprint density at radius 1 is 1.32 bits per heavy atom. The van der Waals surface area contributed by atoms with Crippen molar-refractivity contribution in [3.63, 3.8) is 0 Å². The van der Waals surface area contributed by atoms with Crippen LogP contribution in [0.2, 0.25) is 5.02 Å². The van der Waals surface area contributed by atoms with Gasteiger partial charge in [-0.3, -0.25) is 0 Å². The van der Waals surface area contributed by atoms with Gasteiger partial charge in [-0.15, -0.1) is 0 Å². The molecule has 1 aromatic carbocycles. The summed E-state index contributed by atoms with van der Waals surface area (Å²) in [6.07, 6.45) is 6.64. The highest BCUT2D eigenvalue weighted by Crippen LogP contribution is 2.29. The number of hydrogen-bond donors (Lipinski definition) is 1. The highest BCUT2D eigenvalue weighted by molar-refractivity contribution is 6.30. The minimum atomic E-state index is 0.435. The fraction of sp³-hybridized carbons (Fsp3) is 0.625. The summed E-state index contributed by atoms with van der Waals surface area (Å²) in [7, 11) is 0. The first-order valence-corrected chi connectivity index (χ1v) is 7.79. The van der Waals surface area contributed by atoms with Crippen LogP contribution in [0.15, 0.2) is 24.3 Å². The molecule has 0 aromatic heterocycles. The third-order valence-electron chi connectivity index (χ3n) is 4.12. The Kier molecular flexibility index (Phi) is 4.42. The Labute approximate surface area is 120 Å². The number of halogens is 1. The Morgan fingerprint density at radius 2 is 2.21 bits per heavy atom. The molecule has 2 nitrogen and oxygen atoms in total. The van der Waals surface area contributed by atoms with Gasteiger partial charge < -0.3 is 10.1 Å².